The molecule has 0 spiro atoms. The molecule has 9 heteroatoms. The molecule has 2 aromatic heterocycles. The third-order valence-corrected chi connectivity index (χ3v) is 5.61. The van der Waals surface area contributed by atoms with Crippen LogP contribution in [0.3, 0.4) is 0 Å². The molecular weight excluding hydrogens is 427 g/mol. The number of hydrogen-bond acceptors (Lipinski definition) is 4. The molecule has 0 aliphatic carbocycles. The third kappa shape index (κ3) is 5.81. The molecule has 0 aliphatic heterocycles. The van der Waals surface area contributed by atoms with Gasteiger partial charge in [-0.2, -0.15) is 21.6 Å². The summed E-state index contributed by atoms with van der Waals surface area (Å²) in [6.45, 7) is 10.5. The highest BCUT2D eigenvalue weighted by atomic mass is 32.2. The number of aromatic nitrogens is 2. The minimum atomic E-state index is -4.68. The second-order valence-electron chi connectivity index (χ2n) is 7.03. The molecule has 0 atom stereocenters. The van der Waals surface area contributed by atoms with Gasteiger partial charge in [0, 0.05) is 11.3 Å². The van der Waals surface area contributed by atoms with Crippen LogP contribution in [0.2, 0.25) is 0 Å². The van der Waals surface area contributed by atoms with Crippen molar-refractivity contribution in [2.24, 2.45) is 5.92 Å². The summed E-state index contributed by atoms with van der Waals surface area (Å²) in [5, 5.41) is -0.253. The van der Waals surface area contributed by atoms with E-state index in [0.29, 0.717) is 11.3 Å². The Bertz CT molecular complexity index is 1130. The van der Waals surface area contributed by atoms with Crippen LogP contribution in [0.15, 0.2) is 65.7 Å². The van der Waals surface area contributed by atoms with Gasteiger partial charge in [-0.3, -0.25) is 4.72 Å². The Morgan fingerprint density at radius 2 is 1.84 bits per heavy atom. The lowest BCUT2D eigenvalue weighted by Crippen LogP contribution is -2.18. The Morgan fingerprint density at radius 1 is 1.16 bits per heavy atom. The SMILES string of the molecule is C=C/C=C(\C(=C/C)c1nc(NS(=O)(=O)c2cccc(C)n2)ccc1C(F)(F)F)C(C)C. The average Bonchev–Trinajstić information content (AvgIpc) is 2.66. The summed E-state index contributed by atoms with van der Waals surface area (Å²) in [5.74, 6) is -0.365. The minimum Gasteiger partial charge on any atom is -0.262 e. The smallest absolute Gasteiger partial charge is 0.262 e. The largest absolute Gasteiger partial charge is 0.418 e. The number of alkyl halides is 3. The quantitative estimate of drug-likeness (QED) is 0.542. The van der Waals surface area contributed by atoms with E-state index in [1.54, 1.807) is 26.0 Å². The van der Waals surface area contributed by atoms with E-state index in [1.165, 1.54) is 24.3 Å². The number of sulfonamides is 1. The molecule has 0 unspecified atom stereocenters. The van der Waals surface area contributed by atoms with E-state index in [0.717, 1.165) is 12.1 Å². The number of allylic oxidation sites excluding steroid dienone is 5. The molecule has 0 fully saturated rings. The molecule has 0 radical (unpaired) electrons. The van der Waals surface area contributed by atoms with E-state index in [-0.39, 0.29) is 28.0 Å². The Morgan fingerprint density at radius 3 is 2.35 bits per heavy atom. The van der Waals surface area contributed by atoms with Crippen molar-refractivity contribution in [3.63, 3.8) is 0 Å². The summed E-state index contributed by atoms with van der Waals surface area (Å²) < 4.78 is 68.7. The molecule has 31 heavy (non-hydrogen) atoms. The second kappa shape index (κ2) is 9.47. The zero-order valence-electron chi connectivity index (χ0n) is 17.7. The summed E-state index contributed by atoms with van der Waals surface area (Å²) in [5.41, 5.74) is -0.00821. The molecule has 2 aromatic rings. The third-order valence-electron chi connectivity index (χ3n) is 4.35. The normalized spacial score (nSPS) is 13.4. The topological polar surface area (TPSA) is 72.0 Å². The van der Waals surface area contributed by atoms with Gasteiger partial charge in [0.1, 0.15) is 5.82 Å². The molecule has 0 bridgehead atoms. The molecule has 5 nitrogen and oxygen atoms in total. The minimum absolute atomic E-state index is 0.121. The molecule has 0 saturated heterocycles. The molecule has 0 aromatic carbocycles. The summed E-state index contributed by atoms with van der Waals surface area (Å²) in [7, 11) is -4.14. The number of hydrogen-bond donors (Lipinski definition) is 1. The van der Waals surface area contributed by atoms with Crippen LogP contribution in [-0.2, 0) is 16.2 Å². The maximum atomic E-state index is 13.7. The zero-order valence-corrected chi connectivity index (χ0v) is 18.5. The summed E-state index contributed by atoms with van der Waals surface area (Å²) >= 11 is 0. The van der Waals surface area contributed by atoms with Gasteiger partial charge in [-0.05, 0) is 49.6 Å². The fourth-order valence-electron chi connectivity index (χ4n) is 2.97. The summed E-state index contributed by atoms with van der Waals surface area (Å²) in [6, 6.07) is 6.25. The van der Waals surface area contributed by atoms with Gasteiger partial charge in [-0.1, -0.05) is 44.7 Å². The molecule has 166 valence electrons. The van der Waals surface area contributed by atoms with Crippen LogP contribution in [0.25, 0.3) is 5.57 Å². The van der Waals surface area contributed by atoms with Crippen molar-refractivity contribution in [3.8, 4) is 0 Å². The summed E-state index contributed by atoms with van der Waals surface area (Å²) in [6.07, 6.45) is -0.0485. The first kappa shape index (κ1) is 24.3. The first-order valence-electron chi connectivity index (χ1n) is 9.45. The van der Waals surface area contributed by atoms with Gasteiger partial charge in [0.05, 0.1) is 11.3 Å². The van der Waals surface area contributed by atoms with Crippen molar-refractivity contribution in [2.45, 2.75) is 38.9 Å². The lowest BCUT2D eigenvalue weighted by molar-refractivity contribution is -0.138. The first-order chi connectivity index (χ1) is 14.4. The number of anilines is 1. The lowest BCUT2D eigenvalue weighted by atomic mass is 9.90. The maximum absolute atomic E-state index is 13.7. The standard InChI is InChI=1S/C22H24F3N3O2S/c1-6-9-17(14(3)4)16(7-2)21-18(22(23,24)25)12-13-19(27-21)28-31(29,30)20-11-8-10-15(5)26-20/h6-14H,1H2,2-5H3,(H,27,28)/b16-7+,17-9-. The van der Waals surface area contributed by atoms with Gasteiger partial charge in [0.2, 0.25) is 0 Å². The Labute approximate surface area is 180 Å². The predicted molar refractivity (Wildman–Crippen MR) is 116 cm³/mol. The van der Waals surface area contributed by atoms with Crippen LogP contribution in [0, 0.1) is 12.8 Å². The second-order valence-corrected chi connectivity index (χ2v) is 8.66. The first-order valence-corrected chi connectivity index (χ1v) is 10.9. The van der Waals surface area contributed by atoms with Crippen molar-refractivity contribution in [3.05, 3.63) is 77.7 Å². The van der Waals surface area contributed by atoms with Crippen LogP contribution in [0.5, 0.6) is 0 Å². The van der Waals surface area contributed by atoms with Crippen LogP contribution in [-0.4, -0.2) is 18.4 Å². The van der Waals surface area contributed by atoms with E-state index in [2.05, 4.69) is 21.3 Å². The van der Waals surface area contributed by atoms with Gasteiger partial charge in [0.15, 0.2) is 5.03 Å². The maximum Gasteiger partial charge on any atom is 0.418 e. The molecule has 2 rings (SSSR count). The van der Waals surface area contributed by atoms with Crippen molar-refractivity contribution in [2.75, 3.05) is 4.72 Å². The number of rotatable bonds is 7. The van der Waals surface area contributed by atoms with E-state index >= 15 is 0 Å². The van der Waals surface area contributed by atoms with Gasteiger partial charge >= 0.3 is 6.18 Å². The van der Waals surface area contributed by atoms with Gasteiger partial charge in [0.25, 0.3) is 10.0 Å². The molecule has 0 saturated carbocycles. The highest BCUT2D eigenvalue weighted by Crippen LogP contribution is 2.38. The fraction of sp³-hybridized carbons (Fsp3) is 0.273. The Balaban J connectivity index is 2.64. The highest BCUT2D eigenvalue weighted by Gasteiger charge is 2.36. The zero-order chi connectivity index (χ0) is 23.4. The molecule has 0 aliphatic rings. The van der Waals surface area contributed by atoms with Crippen molar-refractivity contribution >= 4 is 21.4 Å². The number of pyridine rings is 2. The van der Waals surface area contributed by atoms with Crippen LogP contribution >= 0.6 is 0 Å². The fourth-order valence-corrected chi connectivity index (χ4v) is 3.98. The average molecular weight is 452 g/mol. The van der Waals surface area contributed by atoms with Crippen molar-refractivity contribution < 1.29 is 21.6 Å². The van der Waals surface area contributed by atoms with E-state index in [9.17, 15) is 21.6 Å². The number of nitrogens with zero attached hydrogens (tertiary/aromatic N) is 2. The summed E-state index contributed by atoms with van der Waals surface area (Å²) in [4.78, 5) is 8.01. The number of halogens is 3. The van der Waals surface area contributed by atoms with Crippen LogP contribution < -0.4 is 4.72 Å². The molecule has 2 heterocycles. The van der Waals surface area contributed by atoms with E-state index < -0.39 is 21.8 Å². The van der Waals surface area contributed by atoms with Gasteiger partial charge < -0.3 is 0 Å². The molecular formula is C22H24F3N3O2S. The van der Waals surface area contributed by atoms with E-state index in [1.807, 2.05) is 13.8 Å². The van der Waals surface area contributed by atoms with Gasteiger partial charge in [-0.25, -0.2) is 9.97 Å². The van der Waals surface area contributed by atoms with Gasteiger partial charge in [-0.15, -0.1) is 0 Å². The number of nitrogens with one attached hydrogen (secondary N) is 1. The highest BCUT2D eigenvalue weighted by molar-refractivity contribution is 7.92. The van der Waals surface area contributed by atoms with Crippen LogP contribution in [0.1, 0.15) is 37.7 Å². The Hall–Kier alpha value is -2.94. The predicted octanol–water partition coefficient (Wildman–Crippen LogP) is 5.78. The van der Waals surface area contributed by atoms with Crippen molar-refractivity contribution in [1.29, 1.82) is 0 Å². The van der Waals surface area contributed by atoms with Crippen LogP contribution in [0.4, 0.5) is 19.0 Å². The molecule has 1 N–H and O–H groups in total. The van der Waals surface area contributed by atoms with Crippen molar-refractivity contribution in [1.82, 2.24) is 9.97 Å². The van der Waals surface area contributed by atoms with E-state index in [4.69, 9.17) is 0 Å². The molecule has 0 amide bonds. The number of aryl methyl sites for hydroxylation is 1. The monoisotopic (exact) mass is 451 g/mol. The lowest BCUT2D eigenvalue weighted by Gasteiger charge is -2.20. The Kier molecular flexibility index (Phi) is 7.43.